The monoisotopic (exact) mass is 413 g/mol. The summed E-state index contributed by atoms with van der Waals surface area (Å²) in [5.74, 6) is 1.90. The third kappa shape index (κ3) is 5.14. The van der Waals surface area contributed by atoms with Crippen molar-refractivity contribution in [3.8, 4) is 17.2 Å². The van der Waals surface area contributed by atoms with Gasteiger partial charge in [-0.05, 0) is 36.2 Å². The minimum atomic E-state index is -0.282. The molecular weight excluding hydrogens is 386 g/mol. The Morgan fingerprint density at radius 2 is 1.77 bits per heavy atom. The van der Waals surface area contributed by atoms with Crippen LogP contribution in [0.3, 0.4) is 0 Å². The molecule has 3 amide bonds. The summed E-state index contributed by atoms with van der Waals surface area (Å²) >= 11 is 0. The molecule has 0 saturated carbocycles. The average molecular weight is 413 g/mol. The number of rotatable bonds is 8. The van der Waals surface area contributed by atoms with Gasteiger partial charge >= 0.3 is 6.03 Å². The number of ether oxygens (including phenoxy) is 3. The second-order valence-electron chi connectivity index (χ2n) is 6.94. The Hall–Kier alpha value is -3.42. The summed E-state index contributed by atoms with van der Waals surface area (Å²) in [6.45, 7) is 0.901. The minimum Gasteiger partial charge on any atom is -0.497 e. The van der Waals surface area contributed by atoms with Crippen molar-refractivity contribution in [3.63, 3.8) is 0 Å². The summed E-state index contributed by atoms with van der Waals surface area (Å²) in [4.78, 5) is 26.3. The van der Waals surface area contributed by atoms with Crippen molar-refractivity contribution in [2.75, 3.05) is 39.3 Å². The highest BCUT2D eigenvalue weighted by molar-refractivity contribution is 5.97. The van der Waals surface area contributed by atoms with Crippen molar-refractivity contribution < 1.29 is 23.8 Å². The van der Waals surface area contributed by atoms with Gasteiger partial charge in [0.05, 0.1) is 27.4 Å². The van der Waals surface area contributed by atoms with Crippen LogP contribution in [0.25, 0.3) is 0 Å². The molecule has 3 rings (SSSR count). The molecule has 1 saturated heterocycles. The fourth-order valence-electron chi connectivity index (χ4n) is 3.40. The number of amides is 3. The number of nitrogens with one attached hydrogen (secondary N) is 2. The number of carbonyl (C=O) groups is 2. The number of nitrogens with zero attached hydrogens (tertiary/aromatic N) is 1. The molecule has 2 aromatic rings. The van der Waals surface area contributed by atoms with Crippen LogP contribution in [0.1, 0.15) is 12.0 Å². The normalized spacial score (nSPS) is 15.6. The van der Waals surface area contributed by atoms with Crippen LogP contribution in [0.4, 0.5) is 10.5 Å². The fourth-order valence-corrected chi connectivity index (χ4v) is 3.40. The van der Waals surface area contributed by atoms with E-state index in [-0.39, 0.29) is 24.4 Å². The van der Waals surface area contributed by atoms with Crippen LogP contribution < -0.4 is 29.7 Å². The smallest absolute Gasteiger partial charge is 0.315 e. The zero-order valence-electron chi connectivity index (χ0n) is 17.4. The van der Waals surface area contributed by atoms with Crippen LogP contribution in [-0.2, 0) is 11.2 Å². The quantitative estimate of drug-likeness (QED) is 0.694. The Labute approximate surface area is 176 Å². The first kappa shape index (κ1) is 21.3. The standard InChI is InChI=1S/C22H27N3O5/c1-28-18-7-4-15(5-8-18)10-11-23-22(27)24-16-12-21(26)25(14-16)17-6-9-19(29-2)20(13-17)30-3/h4-9,13,16H,10-12,14H2,1-3H3,(H2,23,24,27)/t16-/m1/s1. The molecule has 2 N–H and O–H groups in total. The Bertz CT molecular complexity index is 885. The Kier molecular flexibility index (Phi) is 7.00. The molecule has 0 unspecified atom stereocenters. The van der Waals surface area contributed by atoms with Crippen LogP contribution >= 0.6 is 0 Å². The molecule has 30 heavy (non-hydrogen) atoms. The first-order valence-corrected chi connectivity index (χ1v) is 9.73. The van der Waals surface area contributed by atoms with Crippen molar-refractivity contribution in [3.05, 3.63) is 48.0 Å². The summed E-state index contributed by atoms with van der Waals surface area (Å²) in [7, 11) is 4.74. The SMILES string of the molecule is COc1ccc(CCNC(=O)N[C@@H]2CC(=O)N(c3ccc(OC)c(OC)c3)C2)cc1. The maximum atomic E-state index is 12.4. The molecule has 0 spiro atoms. The largest absolute Gasteiger partial charge is 0.497 e. The highest BCUT2D eigenvalue weighted by atomic mass is 16.5. The highest BCUT2D eigenvalue weighted by Gasteiger charge is 2.32. The van der Waals surface area contributed by atoms with E-state index in [4.69, 9.17) is 14.2 Å². The van der Waals surface area contributed by atoms with Gasteiger partial charge in [-0.3, -0.25) is 4.79 Å². The van der Waals surface area contributed by atoms with E-state index in [9.17, 15) is 9.59 Å². The maximum Gasteiger partial charge on any atom is 0.315 e. The van der Waals surface area contributed by atoms with Gasteiger partial charge in [0.1, 0.15) is 5.75 Å². The van der Waals surface area contributed by atoms with Gasteiger partial charge in [-0.2, -0.15) is 0 Å². The predicted molar refractivity (Wildman–Crippen MR) is 114 cm³/mol. The molecule has 1 atom stereocenters. The number of anilines is 1. The Morgan fingerprint density at radius 3 is 2.43 bits per heavy atom. The number of benzene rings is 2. The lowest BCUT2D eigenvalue weighted by Gasteiger charge is -2.19. The van der Waals surface area contributed by atoms with Gasteiger partial charge in [-0.1, -0.05) is 12.1 Å². The molecule has 0 radical (unpaired) electrons. The third-order valence-electron chi connectivity index (χ3n) is 5.00. The summed E-state index contributed by atoms with van der Waals surface area (Å²) < 4.78 is 15.7. The Morgan fingerprint density at radius 1 is 1.03 bits per heavy atom. The Balaban J connectivity index is 1.49. The zero-order chi connectivity index (χ0) is 21.5. The lowest BCUT2D eigenvalue weighted by molar-refractivity contribution is -0.117. The van der Waals surface area contributed by atoms with E-state index in [1.165, 1.54) is 0 Å². The second-order valence-corrected chi connectivity index (χ2v) is 6.94. The first-order valence-electron chi connectivity index (χ1n) is 9.73. The summed E-state index contributed by atoms with van der Waals surface area (Å²) in [6.07, 6.45) is 0.957. The summed E-state index contributed by atoms with van der Waals surface area (Å²) in [6, 6.07) is 12.5. The molecule has 1 heterocycles. The zero-order valence-corrected chi connectivity index (χ0v) is 17.4. The van der Waals surface area contributed by atoms with Gasteiger partial charge in [0, 0.05) is 31.3 Å². The van der Waals surface area contributed by atoms with Crippen LogP contribution in [0.5, 0.6) is 17.2 Å². The molecule has 160 valence electrons. The second kappa shape index (κ2) is 9.87. The molecule has 0 aromatic heterocycles. The van der Waals surface area contributed by atoms with E-state index in [0.29, 0.717) is 36.7 Å². The predicted octanol–water partition coefficient (Wildman–Crippen LogP) is 2.36. The van der Waals surface area contributed by atoms with E-state index in [2.05, 4.69) is 10.6 Å². The van der Waals surface area contributed by atoms with Crippen molar-refractivity contribution in [2.45, 2.75) is 18.9 Å². The highest BCUT2D eigenvalue weighted by Crippen LogP contribution is 2.33. The number of hydrogen-bond donors (Lipinski definition) is 2. The lowest BCUT2D eigenvalue weighted by Crippen LogP contribution is -2.43. The van der Waals surface area contributed by atoms with Gasteiger partial charge in [-0.25, -0.2) is 4.79 Å². The summed E-state index contributed by atoms with van der Waals surface area (Å²) in [5.41, 5.74) is 1.81. The third-order valence-corrected chi connectivity index (χ3v) is 5.00. The molecule has 0 bridgehead atoms. The van der Waals surface area contributed by atoms with Gasteiger partial charge < -0.3 is 29.7 Å². The number of urea groups is 1. The van der Waals surface area contributed by atoms with Crippen LogP contribution in [-0.4, -0.2) is 52.4 Å². The van der Waals surface area contributed by atoms with Crippen molar-refractivity contribution in [1.82, 2.24) is 10.6 Å². The minimum absolute atomic E-state index is 0.0502. The average Bonchev–Trinajstić information content (AvgIpc) is 3.13. The van der Waals surface area contributed by atoms with Gasteiger partial charge in [0.2, 0.25) is 5.91 Å². The van der Waals surface area contributed by atoms with E-state index < -0.39 is 0 Å². The molecule has 8 heteroatoms. The van der Waals surface area contributed by atoms with Crippen LogP contribution in [0, 0.1) is 0 Å². The van der Waals surface area contributed by atoms with E-state index in [1.54, 1.807) is 44.4 Å². The van der Waals surface area contributed by atoms with Crippen LogP contribution in [0.15, 0.2) is 42.5 Å². The first-order chi connectivity index (χ1) is 14.5. The topological polar surface area (TPSA) is 89.1 Å². The molecule has 0 aliphatic carbocycles. The summed E-state index contributed by atoms with van der Waals surface area (Å²) in [5, 5.41) is 5.72. The van der Waals surface area contributed by atoms with Gasteiger partial charge in [-0.15, -0.1) is 0 Å². The van der Waals surface area contributed by atoms with Gasteiger partial charge in [0.15, 0.2) is 11.5 Å². The molecule has 1 aliphatic heterocycles. The molecule has 1 fully saturated rings. The van der Waals surface area contributed by atoms with Crippen molar-refractivity contribution in [2.24, 2.45) is 0 Å². The lowest BCUT2D eigenvalue weighted by atomic mass is 10.1. The molecular formula is C22H27N3O5. The molecule has 2 aromatic carbocycles. The number of methoxy groups -OCH3 is 3. The van der Waals surface area contributed by atoms with E-state index in [1.807, 2.05) is 24.3 Å². The molecule has 1 aliphatic rings. The van der Waals surface area contributed by atoms with Gasteiger partial charge in [0.25, 0.3) is 0 Å². The fraction of sp³-hybridized carbons (Fsp3) is 0.364. The number of hydrogen-bond acceptors (Lipinski definition) is 5. The maximum absolute atomic E-state index is 12.4. The number of carbonyl (C=O) groups excluding carboxylic acids is 2. The van der Waals surface area contributed by atoms with Crippen molar-refractivity contribution >= 4 is 17.6 Å². The molecule has 8 nitrogen and oxygen atoms in total. The van der Waals surface area contributed by atoms with Crippen molar-refractivity contribution in [1.29, 1.82) is 0 Å². The van der Waals surface area contributed by atoms with Crippen LogP contribution in [0.2, 0.25) is 0 Å². The van der Waals surface area contributed by atoms with E-state index >= 15 is 0 Å². The van der Waals surface area contributed by atoms with E-state index in [0.717, 1.165) is 11.3 Å².